The van der Waals surface area contributed by atoms with Gasteiger partial charge in [-0.15, -0.1) is 10.2 Å². The van der Waals surface area contributed by atoms with E-state index in [4.69, 9.17) is 0 Å². The van der Waals surface area contributed by atoms with E-state index >= 15 is 0 Å². The molecule has 2 aliphatic heterocycles. The topological polar surface area (TPSA) is 134 Å². The number of nitrogens with zero attached hydrogens (tertiary/aromatic N) is 8. The second-order valence-corrected chi connectivity index (χ2v) is 10.6. The fraction of sp³-hybridized carbons (Fsp3) is 0.357. The molecule has 2 aliphatic rings. The molecule has 43 heavy (non-hydrogen) atoms. The number of aliphatic hydroxyl groups is 1. The van der Waals surface area contributed by atoms with E-state index in [0.29, 0.717) is 41.4 Å². The van der Waals surface area contributed by atoms with Crippen molar-refractivity contribution in [3.05, 3.63) is 59.0 Å². The van der Waals surface area contributed by atoms with Crippen molar-refractivity contribution in [2.75, 3.05) is 29.9 Å². The molecule has 1 atom stereocenters. The lowest BCUT2D eigenvalue weighted by atomic mass is 9.98. The molecule has 4 aromatic rings. The van der Waals surface area contributed by atoms with Crippen LogP contribution in [0.15, 0.2) is 36.8 Å². The summed E-state index contributed by atoms with van der Waals surface area (Å²) in [5.74, 6) is -0.291. The molecule has 6 rings (SSSR count). The van der Waals surface area contributed by atoms with Gasteiger partial charge in [0.2, 0.25) is 0 Å². The molecule has 1 saturated heterocycles. The van der Waals surface area contributed by atoms with Gasteiger partial charge >= 0.3 is 6.18 Å². The number of amides is 2. The predicted octanol–water partition coefficient (Wildman–Crippen LogP) is 3.10. The Kier molecular flexibility index (Phi) is 6.91. The average Bonchev–Trinajstić information content (AvgIpc) is 3.74. The van der Waals surface area contributed by atoms with Crippen LogP contribution >= 0.6 is 0 Å². The van der Waals surface area contributed by atoms with Gasteiger partial charge in [0.1, 0.15) is 18.0 Å². The van der Waals surface area contributed by atoms with Crippen LogP contribution in [0, 0.1) is 0 Å². The molecule has 1 aromatic carbocycles. The summed E-state index contributed by atoms with van der Waals surface area (Å²) in [4.78, 5) is 33.9. The highest BCUT2D eigenvalue weighted by atomic mass is 19.4. The maximum Gasteiger partial charge on any atom is 0.416 e. The van der Waals surface area contributed by atoms with Gasteiger partial charge in [-0.25, -0.2) is 4.98 Å². The number of pyridine rings is 1. The number of aryl methyl sites for hydroxylation is 2. The number of likely N-dealkylation sites (tertiary alicyclic amines) is 1. The molecule has 5 heterocycles. The van der Waals surface area contributed by atoms with Crippen LogP contribution in [0.4, 0.5) is 24.8 Å². The van der Waals surface area contributed by atoms with Gasteiger partial charge in [-0.3, -0.25) is 19.2 Å². The number of carbonyl (C=O) groups excluding carboxylic acids is 2. The fourth-order valence-electron chi connectivity index (χ4n) is 5.61. The highest BCUT2D eigenvalue weighted by Gasteiger charge is 2.42. The summed E-state index contributed by atoms with van der Waals surface area (Å²) in [5, 5.41) is 25.5. The van der Waals surface area contributed by atoms with Gasteiger partial charge in [0.05, 0.1) is 35.7 Å². The number of alkyl halides is 3. The minimum atomic E-state index is -4.81. The summed E-state index contributed by atoms with van der Waals surface area (Å²) in [7, 11) is 3.53. The normalized spacial score (nSPS) is 16.7. The Labute approximate surface area is 243 Å². The van der Waals surface area contributed by atoms with Gasteiger partial charge in [0, 0.05) is 50.4 Å². The third-order valence-electron chi connectivity index (χ3n) is 7.66. The Bertz CT molecular complexity index is 1750. The first-order valence-electron chi connectivity index (χ1n) is 13.6. The van der Waals surface area contributed by atoms with Crippen LogP contribution in [0.5, 0.6) is 0 Å². The first-order chi connectivity index (χ1) is 20.5. The standard InChI is InChI=1S/C28H28F3N9O3/c1-4-32-22-9-15(24-19(11-34-38(24)3)25-36-33-14-37(25)2)10-23(35-22)40-13-20-18(27(40)43)7-16(8-21(20)28(29,30)31)26(42)39-6-5-17(41)12-39/h7-11,14,17,41H,4-6,12-13H2,1-3H3,(H,32,35). The molecule has 2 amide bonds. The molecule has 0 bridgehead atoms. The molecule has 12 nitrogen and oxygen atoms in total. The molecular formula is C28H28F3N9O3. The first-order valence-corrected chi connectivity index (χ1v) is 13.6. The summed E-state index contributed by atoms with van der Waals surface area (Å²) < 4.78 is 46.3. The lowest BCUT2D eigenvalue weighted by Gasteiger charge is -2.19. The Balaban J connectivity index is 1.44. The Hall–Kier alpha value is -4.79. The van der Waals surface area contributed by atoms with Crippen molar-refractivity contribution in [1.82, 2.24) is 34.4 Å². The minimum absolute atomic E-state index is 0.0194. The van der Waals surface area contributed by atoms with Crippen LogP contribution in [-0.2, 0) is 26.8 Å². The monoisotopic (exact) mass is 595 g/mol. The number of aliphatic hydroxyl groups excluding tert-OH is 1. The van der Waals surface area contributed by atoms with E-state index in [1.165, 1.54) is 15.9 Å². The number of benzene rings is 1. The van der Waals surface area contributed by atoms with Crippen molar-refractivity contribution in [2.24, 2.45) is 14.1 Å². The van der Waals surface area contributed by atoms with Gasteiger partial charge in [-0.05, 0) is 43.2 Å². The Morgan fingerprint density at radius 2 is 1.95 bits per heavy atom. The molecule has 0 aliphatic carbocycles. The van der Waals surface area contributed by atoms with E-state index in [1.807, 2.05) is 6.92 Å². The van der Waals surface area contributed by atoms with E-state index in [-0.39, 0.29) is 42.1 Å². The molecule has 1 unspecified atom stereocenters. The molecule has 0 radical (unpaired) electrons. The van der Waals surface area contributed by atoms with Crippen LogP contribution in [0.2, 0.25) is 0 Å². The van der Waals surface area contributed by atoms with Crippen LogP contribution in [-0.4, -0.2) is 77.1 Å². The van der Waals surface area contributed by atoms with Crippen LogP contribution in [0.3, 0.4) is 0 Å². The van der Waals surface area contributed by atoms with Crippen molar-refractivity contribution in [3.63, 3.8) is 0 Å². The van der Waals surface area contributed by atoms with Crippen molar-refractivity contribution in [1.29, 1.82) is 0 Å². The third kappa shape index (κ3) is 4.98. The van der Waals surface area contributed by atoms with Crippen LogP contribution in [0.1, 0.15) is 45.2 Å². The van der Waals surface area contributed by atoms with Crippen LogP contribution < -0.4 is 10.2 Å². The number of β-amino-alcohol motifs (C(OH)–C–C–N with tert-alkyl or cyclic N) is 1. The van der Waals surface area contributed by atoms with Gasteiger partial charge in [0.25, 0.3) is 11.8 Å². The molecule has 1 fully saturated rings. The maximum atomic E-state index is 14.3. The molecule has 2 N–H and O–H groups in total. The summed E-state index contributed by atoms with van der Waals surface area (Å²) in [6, 6.07) is 5.38. The molecule has 15 heteroatoms. The number of nitrogens with one attached hydrogen (secondary N) is 1. The number of rotatable bonds is 6. The summed E-state index contributed by atoms with van der Waals surface area (Å²) >= 11 is 0. The van der Waals surface area contributed by atoms with Gasteiger partial charge in [-0.1, -0.05) is 0 Å². The van der Waals surface area contributed by atoms with Gasteiger partial charge in [-0.2, -0.15) is 18.3 Å². The number of carbonyl (C=O) groups is 2. The lowest BCUT2D eigenvalue weighted by Crippen LogP contribution is -2.30. The van der Waals surface area contributed by atoms with E-state index in [2.05, 4.69) is 25.6 Å². The largest absolute Gasteiger partial charge is 0.416 e. The number of aromatic nitrogens is 6. The van der Waals surface area contributed by atoms with E-state index in [1.54, 1.807) is 48.0 Å². The molecular weight excluding hydrogens is 567 g/mol. The summed E-state index contributed by atoms with van der Waals surface area (Å²) in [6.45, 7) is 2.22. The van der Waals surface area contributed by atoms with Crippen molar-refractivity contribution in [2.45, 2.75) is 32.2 Å². The van der Waals surface area contributed by atoms with E-state index < -0.39 is 29.7 Å². The molecule has 0 saturated carbocycles. The van der Waals surface area contributed by atoms with Crippen LogP contribution in [0.25, 0.3) is 22.6 Å². The second-order valence-electron chi connectivity index (χ2n) is 10.6. The number of halogens is 3. The Morgan fingerprint density at radius 3 is 2.60 bits per heavy atom. The summed E-state index contributed by atoms with van der Waals surface area (Å²) in [6.07, 6.45) is -2.03. The van der Waals surface area contributed by atoms with Gasteiger partial charge in [0.15, 0.2) is 5.82 Å². The SMILES string of the molecule is CCNc1cc(-c2c(-c3nncn3C)cnn2C)cc(N2Cc3c(cc(C(=O)N4CCC(O)C4)cc3C(F)(F)F)C2=O)n1. The molecule has 3 aromatic heterocycles. The van der Waals surface area contributed by atoms with E-state index in [0.717, 1.165) is 6.07 Å². The van der Waals surface area contributed by atoms with Crippen molar-refractivity contribution >= 4 is 23.5 Å². The zero-order chi connectivity index (χ0) is 30.6. The number of hydrogen-bond acceptors (Lipinski definition) is 8. The number of hydrogen-bond donors (Lipinski definition) is 2. The maximum absolute atomic E-state index is 14.3. The zero-order valence-corrected chi connectivity index (χ0v) is 23.6. The quantitative estimate of drug-likeness (QED) is 0.348. The number of anilines is 2. The van der Waals surface area contributed by atoms with Crippen molar-refractivity contribution in [3.8, 4) is 22.6 Å². The molecule has 224 valence electrons. The molecule has 0 spiro atoms. The van der Waals surface area contributed by atoms with E-state index in [9.17, 15) is 27.9 Å². The lowest BCUT2D eigenvalue weighted by molar-refractivity contribution is -0.138. The highest BCUT2D eigenvalue weighted by molar-refractivity contribution is 6.11. The zero-order valence-electron chi connectivity index (χ0n) is 23.6. The van der Waals surface area contributed by atoms with Gasteiger partial charge < -0.3 is 19.9 Å². The Morgan fingerprint density at radius 1 is 1.16 bits per heavy atom. The number of fused-ring (bicyclic) bond motifs is 1. The second kappa shape index (κ2) is 10.5. The smallest absolute Gasteiger partial charge is 0.391 e. The fourth-order valence-corrected chi connectivity index (χ4v) is 5.61. The first kappa shape index (κ1) is 28.3. The predicted molar refractivity (Wildman–Crippen MR) is 149 cm³/mol. The minimum Gasteiger partial charge on any atom is -0.391 e. The third-order valence-corrected chi connectivity index (χ3v) is 7.66. The van der Waals surface area contributed by atoms with Crippen molar-refractivity contribution < 1.29 is 27.9 Å². The average molecular weight is 596 g/mol. The highest BCUT2D eigenvalue weighted by Crippen LogP contribution is 2.41. The summed E-state index contributed by atoms with van der Waals surface area (Å²) in [5.41, 5.74) is 0.148.